The number of aromatic nitrogens is 2. The number of nitrogens with one attached hydrogen (secondary N) is 1. The summed E-state index contributed by atoms with van der Waals surface area (Å²) in [5.74, 6) is 0. The Bertz CT molecular complexity index is 496. The quantitative estimate of drug-likeness (QED) is 0.946. The van der Waals surface area contributed by atoms with Crippen LogP contribution in [0.3, 0.4) is 0 Å². The van der Waals surface area contributed by atoms with Crippen LogP contribution in [-0.2, 0) is 6.54 Å². The molecule has 0 aliphatic rings. The lowest BCUT2D eigenvalue weighted by atomic mass is 10.2. The molecule has 1 aromatic carbocycles. The van der Waals surface area contributed by atoms with Gasteiger partial charge in [0.25, 0.3) is 0 Å². The van der Waals surface area contributed by atoms with E-state index in [1.54, 1.807) is 11.3 Å². The molecule has 0 saturated heterocycles. The van der Waals surface area contributed by atoms with Gasteiger partial charge in [0.1, 0.15) is 10.0 Å². The summed E-state index contributed by atoms with van der Waals surface area (Å²) in [4.78, 5) is 0. The summed E-state index contributed by atoms with van der Waals surface area (Å²) in [5.41, 5.74) is 2.33. The summed E-state index contributed by atoms with van der Waals surface area (Å²) >= 11 is 5.17. The van der Waals surface area contributed by atoms with Gasteiger partial charge in [-0.25, -0.2) is 0 Å². The van der Waals surface area contributed by atoms with Gasteiger partial charge in [-0.1, -0.05) is 39.4 Å². The van der Waals surface area contributed by atoms with Gasteiger partial charge < -0.3 is 5.32 Å². The smallest absolute Gasteiger partial charge is 0.148 e. The lowest BCUT2D eigenvalue weighted by Gasteiger charge is -2.00. The molecular weight excluding hydrogens is 286 g/mol. The van der Waals surface area contributed by atoms with Gasteiger partial charge in [0.2, 0.25) is 0 Å². The van der Waals surface area contributed by atoms with Gasteiger partial charge in [-0.15, -0.1) is 10.2 Å². The van der Waals surface area contributed by atoms with Crippen LogP contribution in [0, 0.1) is 6.92 Å². The normalized spacial score (nSPS) is 10.7. The van der Waals surface area contributed by atoms with E-state index in [1.165, 1.54) is 5.56 Å². The molecule has 84 valence electrons. The molecule has 0 fully saturated rings. The largest absolute Gasteiger partial charge is 0.313 e. The number of aryl methyl sites for hydroxylation is 1. The third kappa shape index (κ3) is 2.48. The molecule has 0 unspecified atom stereocenters. The Morgan fingerprint density at radius 2 is 2.19 bits per heavy atom. The van der Waals surface area contributed by atoms with E-state index in [1.807, 2.05) is 7.05 Å². The highest BCUT2D eigenvalue weighted by Gasteiger charge is 2.09. The molecule has 2 rings (SSSR count). The fraction of sp³-hybridized carbons (Fsp3) is 0.273. The van der Waals surface area contributed by atoms with Crippen molar-refractivity contribution < 1.29 is 0 Å². The molecule has 0 aliphatic carbocycles. The molecule has 3 nitrogen and oxygen atoms in total. The summed E-state index contributed by atoms with van der Waals surface area (Å²) < 4.78 is 1.07. The highest BCUT2D eigenvalue weighted by molar-refractivity contribution is 9.10. The number of halogens is 1. The van der Waals surface area contributed by atoms with Crippen LogP contribution in [0.15, 0.2) is 22.7 Å². The summed E-state index contributed by atoms with van der Waals surface area (Å²) in [6.07, 6.45) is 0. The number of benzene rings is 1. The zero-order valence-electron chi connectivity index (χ0n) is 9.12. The number of hydrogen-bond donors (Lipinski definition) is 1. The van der Waals surface area contributed by atoms with Crippen molar-refractivity contribution >= 4 is 27.3 Å². The maximum atomic E-state index is 4.19. The minimum atomic E-state index is 0.765. The van der Waals surface area contributed by atoms with Gasteiger partial charge in [0.15, 0.2) is 0 Å². The van der Waals surface area contributed by atoms with Gasteiger partial charge in [0.05, 0.1) is 0 Å². The monoisotopic (exact) mass is 297 g/mol. The third-order valence-corrected chi connectivity index (χ3v) is 3.76. The first-order valence-corrected chi connectivity index (χ1v) is 6.55. The van der Waals surface area contributed by atoms with Crippen molar-refractivity contribution in [3.8, 4) is 10.6 Å². The summed E-state index contributed by atoms with van der Waals surface area (Å²) in [6.45, 7) is 2.84. The van der Waals surface area contributed by atoms with E-state index in [-0.39, 0.29) is 0 Å². The topological polar surface area (TPSA) is 37.8 Å². The van der Waals surface area contributed by atoms with E-state index in [4.69, 9.17) is 0 Å². The van der Waals surface area contributed by atoms with Crippen LogP contribution in [0.25, 0.3) is 10.6 Å². The van der Waals surface area contributed by atoms with Crippen molar-refractivity contribution in [2.24, 2.45) is 0 Å². The molecule has 0 aliphatic heterocycles. The first kappa shape index (κ1) is 11.7. The van der Waals surface area contributed by atoms with Crippen molar-refractivity contribution in [1.82, 2.24) is 15.5 Å². The third-order valence-electron chi connectivity index (χ3n) is 2.15. The van der Waals surface area contributed by atoms with Gasteiger partial charge >= 0.3 is 0 Å². The molecule has 0 amide bonds. The van der Waals surface area contributed by atoms with E-state index in [2.05, 4.69) is 56.6 Å². The molecule has 0 bridgehead atoms. The fourth-order valence-electron chi connectivity index (χ4n) is 1.38. The number of rotatable bonds is 3. The van der Waals surface area contributed by atoms with Crippen LogP contribution >= 0.6 is 27.3 Å². The maximum Gasteiger partial charge on any atom is 0.148 e. The predicted octanol–water partition coefficient (Wildman–Crippen LogP) is 3.00. The first-order valence-electron chi connectivity index (χ1n) is 4.94. The van der Waals surface area contributed by atoms with Crippen LogP contribution in [0.2, 0.25) is 0 Å². The van der Waals surface area contributed by atoms with Crippen molar-refractivity contribution in [2.45, 2.75) is 13.5 Å². The van der Waals surface area contributed by atoms with Crippen LogP contribution in [0.1, 0.15) is 10.6 Å². The van der Waals surface area contributed by atoms with E-state index >= 15 is 0 Å². The standard InChI is InChI=1S/C11H12BrN3S/c1-7-3-4-8(9(12)5-7)11-15-14-10(16-11)6-13-2/h3-5,13H,6H2,1-2H3. The lowest BCUT2D eigenvalue weighted by Crippen LogP contribution is -2.04. The Balaban J connectivity index is 2.35. The Kier molecular flexibility index (Phi) is 3.68. The molecule has 1 aromatic heterocycles. The average Bonchev–Trinajstić information content (AvgIpc) is 2.67. The van der Waals surface area contributed by atoms with Crippen molar-refractivity contribution in [3.63, 3.8) is 0 Å². The van der Waals surface area contributed by atoms with Crippen LogP contribution in [0.4, 0.5) is 0 Å². The fourth-order valence-corrected chi connectivity index (χ4v) is 3.08. The van der Waals surface area contributed by atoms with Crippen molar-refractivity contribution in [1.29, 1.82) is 0 Å². The van der Waals surface area contributed by atoms with Crippen LogP contribution in [-0.4, -0.2) is 17.2 Å². The molecule has 0 saturated carbocycles. The number of hydrogen-bond acceptors (Lipinski definition) is 4. The maximum absolute atomic E-state index is 4.19. The number of nitrogens with zero attached hydrogens (tertiary/aromatic N) is 2. The second-order valence-corrected chi connectivity index (χ2v) is 5.43. The van der Waals surface area contributed by atoms with Crippen molar-refractivity contribution in [3.05, 3.63) is 33.2 Å². The highest BCUT2D eigenvalue weighted by atomic mass is 79.9. The average molecular weight is 298 g/mol. The Labute approximate surface area is 107 Å². The second-order valence-electron chi connectivity index (χ2n) is 3.51. The van der Waals surface area contributed by atoms with E-state index in [9.17, 15) is 0 Å². The molecule has 0 radical (unpaired) electrons. The Hall–Kier alpha value is -0.780. The highest BCUT2D eigenvalue weighted by Crippen LogP contribution is 2.31. The minimum absolute atomic E-state index is 0.765. The summed E-state index contributed by atoms with van der Waals surface area (Å²) in [7, 11) is 1.91. The summed E-state index contributed by atoms with van der Waals surface area (Å²) in [6, 6.07) is 6.25. The molecular formula is C11H12BrN3S. The van der Waals surface area contributed by atoms with Gasteiger partial charge in [0, 0.05) is 16.6 Å². The first-order chi connectivity index (χ1) is 7.70. The zero-order chi connectivity index (χ0) is 11.5. The lowest BCUT2D eigenvalue weighted by molar-refractivity contribution is 0.795. The molecule has 5 heteroatoms. The molecule has 1 heterocycles. The Morgan fingerprint density at radius 1 is 1.38 bits per heavy atom. The Morgan fingerprint density at radius 3 is 2.88 bits per heavy atom. The van der Waals surface area contributed by atoms with Gasteiger partial charge in [-0.05, 0) is 25.6 Å². The van der Waals surface area contributed by atoms with Crippen LogP contribution < -0.4 is 5.32 Å². The molecule has 16 heavy (non-hydrogen) atoms. The van der Waals surface area contributed by atoms with Crippen LogP contribution in [0.5, 0.6) is 0 Å². The SMILES string of the molecule is CNCc1nnc(-c2ccc(C)cc2Br)s1. The van der Waals surface area contributed by atoms with Gasteiger partial charge in [-0.2, -0.15) is 0 Å². The predicted molar refractivity (Wildman–Crippen MR) is 70.5 cm³/mol. The minimum Gasteiger partial charge on any atom is -0.313 e. The molecule has 0 atom stereocenters. The second kappa shape index (κ2) is 5.03. The summed E-state index contributed by atoms with van der Waals surface area (Å²) in [5, 5.41) is 13.4. The van der Waals surface area contributed by atoms with E-state index < -0.39 is 0 Å². The molecule has 1 N–H and O–H groups in total. The van der Waals surface area contributed by atoms with Gasteiger partial charge in [-0.3, -0.25) is 0 Å². The van der Waals surface area contributed by atoms with E-state index in [0.717, 1.165) is 26.6 Å². The van der Waals surface area contributed by atoms with E-state index in [0.29, 0.717) is 0 Å². The van der Waals surface area contributed by atoms with Crippen molar-refractivity contribution in [2.75, 3.05) is 7.05 Å². The molecule has 2 aromatic rings. The zero-order valence-corrected chi connectivity index (χ0v) is 11.5. The molecule has 0 spiro atoms.